The zero-order valence-corrected chi connectivity index (χ0v) is 12.6. The SMILES string of the molecule is CCNC(C)(CO)CC(C)N1C[C@@H](C)O[C@@H](C)C1. The van der Waals surface area contributed by atoms with Crippen LogP contribution in [0.5, 0.6) is 0 Å². The molecule has 2 N–H and O–H groups in total. The van der Waals surface area contributed by atoms with Crippen LogP contribution in [-0.4, -0.2) is 60.0 Å². The maximum atomic E-state index is 9.56. The molecule has 0 aromatic carbocycles. The molecule has 2 unspecified atom stereocenters. The Morgan fingerprint density at radius 1 is 1.39 bits per heavy atom. The highest BCUT2D eigenvalue weighted by molar-refractivity contribution is 4.88. The lowest BCUT2D eigenvalue weighted by molar-refractivity contribution is -0.0821. The summed E-state index contributed by atoms with van der Waals surface area (Å²) in [5.74, 6) is 0. The second-order valence-corrected chi connectivity index (χ2v) is 6.01. The predicted octanol–water partition coefficient (Wildman–Crippen LogP) is 1.23. The Hall–Kier alpha value is -0.160. The van der Waals surface area contributed by atoms with Crippen LogP contribution in [0.3, 0.4) is 0 Å². The van der Waals surface area contributed by atoms with Crippen LogP contribution >= 0.6 is 0 Å². The average Bonchev–Trinajstić information content (AvgIpc) is 2.28. The first-order valence-electron chi connectivity index (χ1n) is 7.15. The lowest BCUT2D eigenvalue weighted by atomic mass is 9.93. The summed E-state index contributed by atoms with van der Waals surface area (Å²) < 4.78 is 5.76. The van der Waals surface area contributed by atoms with E-state index < -0.39 is 0 Å². The van der Waals surface area contributed by atoms with E-state index in [1.807, 2.05) is 0 Å². The minimum atomic E-state index is -0.182. The molecule has 1 heterocycles. The molecule has 0 aliphatic carbocycles. The summed E-state index contributed by atoms with van der Waals surface area (Å²) in [4.78, 5) is 2.48. The zero-order valence-electron chi connectivity index (χ0n) is 12.6. The third kappa shape index (κ3) is 4.50. The Morgan fingerprint density at radius 3 is 2.39 bits per heavy atom. The van der Waals surface area contributed by atoms with Crippen LogP contribution in [0, 0.1) is 0 Å². The summed E-state index contributed by atoms with van der Waals surface area (Å²) in [6.45, 7) is 13.7. The molecule has 18 heavy (non-hydrogen) atoms. The quantitative estimate of drug-likeness (QED) is 0.752. The molecular formula is C14H30N2O2. The number of aliphatic hydroxyl groups is 1. The highest BCUT2D eigenvalue weighted by atomic mass is 16.5. The standard InChI is InChI=1S/C14H30N2O2/c1-6-15-14(5,10-17)7-11(2)16-8-12(3)18-13(4)9-16/h11-13,15,17H,6-10H2,1-5H3/t11?,12-,13+,14?. The van der Waals surface area contributed by atoms with Gasteiger partial charge in [-0.25, -0.2) is 0 Å². The van der Waals surface area contributed by atoms with Crippen molar-refractivity contribution in [2.45, 2.75) is 64.8 Å². The van der Waals surface area contributed by atoms with Gasteiger partial charge in [0, 0.05) is 24.7 Å². The number of nitrogens with one attached hydrogen (secondary N) is 1. The Morgan fingerprint density at radius 2 is 1.94 bits per heavy atom. The first-order valence-corrected chi connectivity index (χ1v) is 7.15. The van der Waals surface area contributed by atoms with Gasteiger partial charge in [0.2, 0.25) is 0 Å². The molecule has 1 aliphatic heterocycles. The van der Waals surface area contributed by atoms with Crippen LogP contribution in [0.4, 0.5) is 0 Å². The molecule has 0 aromatic heterocycles. The molecule has 4 heteroatoms. The Kier molecular flexibility index (Phi) is 6.05. The third-order valence-electron chi connectivity index (χ3n) is 3.77. The van der Waals surface area contributed by atoms with E-state index in [2.05, 4.69) is 44.8 Å². The van der Waals surface area contributed by atoms with Crippen LogP contribution in [0.15, 0.2) is 0 Å². The van der Waals surface area contributed by atoms with Crippen molar-refractivity contribution in [2.24, 2.45) is 0 Å². The van der Waals surface area contributed by atoms with Crippen molar-refractivity contribution in [2.75, 3.05) is 26.2 Å². The minimum Gasteiger partial charge on any atom is -0.394 e. The van der Waals surface area contributed by atoms with Gasteiger partial charge in [-0.15, -0.1) is 0 Å². The van der Waals surface area contributed by atoms with E-state index in [0.717, 1.165) is 26.1 Å². The molecule has 1 aliphatic rings. The molecular weight excluding hydrogens is 228 g/mol. The molecule has 4 nitrogen and oxygen atoms in total. The second kappa shape index (κ2) is 6.85. The van der Waals surface area contributed by atoms with Gasteiger partial charge in [-0.3, -0.25) is 4.90 Å². The van der Waals surface area contributed by atoms with Crippen LogP contribution < -0.4 is 5.32 Å². The molecule has 0 amide bonds. The van der Waals surface area contributed by atoms with Crippen LogP contribution in [0.25, 0.3) is 0 Å². The van der Waals surface area contributed by atoms with E-state index >= 15 is 0 Å². The summed E-state index contributed by atoms with van der Waals surface area (Å²) in [5, 5.41) is 13.0. The molecule has 1 saturated heterocycles. The number of likely N-dealkylation sites (N-methyl/N-ethyl adjacent to an activating group) is 1. The Labute approximate surface area is 112 Å². The van der Waals surface area contributed by atoms with Crippen LogP contribution in [0.1, 0.15) is 41.0 Å². The van der Waals surface area contributed by atoms with E-state index in [1.54, 1.807) is 0 Å². The van der Waals surface area contributed by atoms with E-state index in [0.29, 0.717) is 18.2 Å². The van der Waals surface area contributed by atoms with Crippen molar-refractivity contribution in [3.05, 3.63) is 0 Å². The monoisotopic (exact) mass is 258 g/mol. The minimum absolute atomic E-state index is 0.181. The smallest absolute Gasteiger partial charge is 0.0678 e. The van der Waals surface area contributed by atoms with Crippen molar-refractivity contribution in [1.82, 2.24) is 10.2 Å². The lowest BCUT2D eigenvalue weighted by Gasteiger charge is -2.42. The fourth-order valence-electron chi connectivity index (χ4n) is 2.98. The largest absolute Gasteiger partial charge is 0.394 e. The molecule has 1 rings (SSSR count). The number of rotatable bonds is 6. The van der Waals surface area contributed by atoms with Gasteiger partial charge >= 0.3 is 0 Å². The first kappa shape index (κ1) is 15.9. The third-order valence-corrected chi connectivity index (χ3v) is 3.77. The van der Waals surface area contributed by atoms with Gasteiger partial charge in [0.1, 0.15) is 0 Å². The summed E-state index contributed by atoms with van der Waals surface area (Å²) in [5.41, 5.74) is -0.182. The van der Waals surface area contributed by atoms with E-state index in [-0.39, 0.29) is 12.1 Å². The van der Waals surface area contributed by atoms with E-state index in [9.17, 15) is 5.11 Å². The van der Waals surface area contributed by atoms with Gasteiger partial charge < -0.3 is 15.2 Å². The first-order chi connectivity index (χ1) is 8.40. The molecule has 0 aromatic rings. The molecule has 0 spiro atoms. The summed E-state index contributed by atoms with van der Waals surface area (Å²) >= 11 is 0. The normalized spacial score (nSPS) is 31.0. The molecule has 0 saturated carbocycles. The van der Waals surface area contributed by atoms with Crippen LogP contribution in [0.2, 0.25) is 0 Å². The van der Waals surface area contributed by atoms with Gasteiger partial charge in [-0.2, -0.15) is 0 Å². The lowest BCUT2D eigenvalue weighted by Crippen LogP contribution is -2.54. The fraction of sp³-hybridized carbons (Fsp3) is 1.00. The van der Waals surface area contributed by atoms with E-state index in [1.165, 1.54) is 0 Å². The highest BCUT2D eigenvalue weighted by Gasteiger charge is 2.31. The number of hydrogen-bond donors (Lipinski definition) is 2. The predicted molar refractivity (Wildman–Crippen MR) is 74.8 cm³/mol. The van der Waals surface area contributed by atoms with Gasteiger partial charge in [0.25, 0.3) is 0 Å². The summed E-state index contributed by atoms with van der Waals surface area (Å²) in [7, 11) is 0. The van der Waals surface area contributed by atoms with Crippen molar-refractivity contribution in [1.29, 1.82) is 0 Å². The topological polar surface area (TPSA) is 44.7 Å². The molecule has 0 bridgehead atoms. The number of morpholine rings is 1. The molecule has 0 radical (unpaired) electrons. The van der Waals surface area contributed by atoms with Gasteiger partial charge in [-0.05, 0) is 40.7 Å². The number of aliphatic hydroxyl groups excluding tert-OH is 1. The number of hydrogen-bond acceptors (Lipinski definition) is 4. The molecule has 4 atom stereocenters. The van der Waals surface area contributed by atoms with Crippen molar-refractivity contribution in [3.8, 4) is 0 Å². The maximum absolute atomic E-state index is 9.56. The van der Waals surface area contributed by atoms with Crippen LogP contribution in [-0.2, 0) is 4.74 Å². The molecule has 108 valence electrons. The van der Waals surface area contributed by atoms with Gasteiger partial charge in [-0.1, -0.05) is 6.92 Å². The average molecular weight is 258 g/mol. The highest BCUT2D eigenvalue weighted by Crippen LogP contribution is 2.20. The van der Waals surface area contributed by atoms with Crippen molar-refractivity contribution in [3.63, 3.8) is 0 Å². The zero-order chi connectivity index (χ0) is 13.8. The van der Waals surface area contributed by atoms with Crippen molar-refractivity contribution < 1.29 is 9.84 Å². The summed E-state index contributed by atoms with van der Waals surface area (Å²) in [6.07, 6.45) is 1.56. The number of nitrogens with zero attached hydrogens (tertiary/aromatic N) is 1. The second-order valence-electron chi connectivity index (χ2n) is 6.01. The van der Waals surface area contributed by atoms with Crippen molar-refractivity contribution >= 4 is 0 Å². The maximum Gasteiger partial charge on any atom is 0.0678 e. The van der Waals surface area contributed by atoms with E-state index in [4.69, 9.17) is 4.74 Å². The fourth-order valence-corrected chi connectivity index (χ4v) is 2.98. The molecule has 1 fully saturated rings. The number of ether oxygens (including phenoxy) is 1. The van der Waals surface area contributed by atoms with Gasteiger partial charge in [0.05, 0.1) is 18.8 Å². The Balaban J connectivity index is 2.55. The van der Waals surface area contributed by atoms with Gasteiger partial charge in [0.15, 0.2) is 0 Å². The summed E-state index contributed by atoms with van der Waals surface area (Å²) in [6, 6.07) is 0.454. The Bertz CT molecular complexity index is 240.